The minimum absolute atomic E-state index is 0.0416. The lowest BCUT2D eigenvalue weighted by molar-refractivity contribution is -0.134. The van der Waals surface area contributed by atoms with Crippen LogP contribution in [0.15, 0.2) is 0 Å². The van der Waals surface area contributed by atoms with Gasteiger partial charge in [-0.25, -0.2) is 8.42 Å². The van der Waals surface area contributed by atoms with Crippen LogP contribution in [-0.2, 0) is 19.4 Å². The first-order chi connectivity index (χ1) is 8.83. The molecular weight excluding hydrogens is 268 g/mol. The van der Waals surface area contributed by atoms with E-state index in [9.17, 15) is 13.2 Å². The zero-order valence-electron chi connectivity index (χ0n) is 11.7. The van der Waals surface area contributed by atoms with Crippen molar-refractivity contribution in [3.63, 3.8) is 0 Å². The number of carbonyl (C=O) groups is 1. The molecule has 112 valence electrons. The minimum Gasteiger partial charge on any atom is -0.384 e. The minimum atomic E-state index is -3.07. The Morgan fingerprint density at radius 2 is 2.00 bits per heavy atom. The summed E-state index contributed by atoms with van der Waals surface area (Å²) in [6, 6.07) is -0.714. The van der Waals surface area contributed by atoms with E-state index in [1.165, 1.54) is 0 Å². The highest BCUT2D eigenvalue weighted by Crippen LogP contribution is 2.18. The van der Waals surface area contributed by atoms with E-state index in [4.69, 9.17) is 10.5 Å². The number of rotatable bonds is 6. The Bertz CT molecular complexity index is 389. The summed E-state index contributed by atoms with van der Waals surface area (Å²) in [5.41, 5.74) is 5.77. The van der Waals surface area contributed by atoms with Gasteiger partial charge < -0.3 is 15.4 Å². The van der Waals surface area contributed by atoms with E-state index in [2.05, 4.69) is 0 Å². The molecule has 0 aromatic heterocycles. The van der Waals surface area contributed by atoms with Crippen LogP contribution in [0.5, 0.6) is 0 Å². The van der Waals surface area contributed by atoms with Gasteiger partial charge in [-0.1, -0.05) is 0 Å². The van der Waals surface area contributed by atoms with Crippen LogP contribution in [0.3, 0.4) is 0 Å². The van der Waals surface area contributed by atoms with E-state index in [0.29, 0.717) is 19.0 Å². The van der Waals surface area contributed by atoms with Gasteiger partial charge >= 0.3 is 0 Å². The topological polar surface area (TPSA) is 89.7 Å². The Kier molecular flexibility index (Phi) is 6.22. The highest BCUT2D eigenvalue weighted by Gasteiger charge is 2.26. The third kappa shape index (κ3) is 5.88. The molecule has 0 spiro atoms. The van der Waals surface area contributed by atoms with Crippen LogP contribution in [0.4, 0.5) is 0 Å². The number of nitrogens with zero attached hydrogens (tertiary/aromatic N) is 1. The predicted molar refractivity (Wildman–Crippen MR) is 73.5 cm³/mol. The van der Waals surface area contributed by atoms with Crippen molar-refractivity contribution in [1.82, 2.24) is 4.90 Å². The van der Waals surface area contributed by atoms with Gasteiger partial charge in [-0.3, -0.25) is 4.79 Å². The molecule has 1 aliphatic heterocycles. The van der Waals surface area contributed by atoms with Gasteiger partial charge in [-0.05, 0) is 25.2 Å². The molecule has 1 fully saturated rings. The second-order valence-corrected chi connectivity index (χ2v) is 7.51. The van der Waals surface area contributed by atoms with Crippen LogP contribution in [0.25, 0.3) is 0 Å². The van der Waals surface area contributed by atoms with Crippen molar-refractivity contribution in [2.75, 3.05) is 38.8 Å². The van der Waals surface area contributed by atoms with Crippen LogP contribution >= 0.6 is 0 Å². The van der Waals surface area contributed by atoms with Crippen LogP contribution in [0, 0.1) is 5.92 Å². The van der Waals surface area contributed by atoms with Gasteiger partial charge in [-0.15, -0.1) is 0 Å². The number of likely N-dealkylation sites (tertiary alicyclic amines) is 1. The molecule has 0 aromatic carbocycles. The van der Waals surface area contributed by atoms with Crippen molar-refractivity contribution in [3.05, 3.63) is 0 Å². The smallest absolute Gasteiger partial charge is 0.239 e. The average molecular weight is 292 g/mol. The number of hydrogen-bond donors (Lipinski definition) is 1. The van der Waals surface area contributed by atoms with Gasteiger partial charge in [0.25, 0.3) is 0 Å². The summed E-state index contributed by atoms with van der Waals surface area (Å²) in [6.45, 7) is 2.08. The first-order valence-electron chi connectivity index (χ1n) is 6.54. The molecular formula is C12H24N2O4S. The number of methoxy groups -OCH3 is 1. The fourth-order valence-corrected chi connectivity index (χ4v) is 2.94. The molecule has 1 amide bonds. The van der Waals surface area contributed by atoms with Gasteiger partial charge in [0.2, 0.25) is 5.91 Å². The number of hydrogen-bond acceptors (Lipinski definition) is 5. The Morgan fingerprint density at radius 3 is 2.47 bits per heavy atom. The lowest BCUT2D eigenvalue weighted by Crippen LogP contribution is -2.48. The normalized spacial score (nSPS) is 19.4. The molecule has 0 aromatic rings. The average Bonchev–Trinajstić information content (AvgIpc) is 2.35. The van der Waals surface area contributed by atoms with E-state index in [1.807, 2.05) is 0 Å². The molecule has 1 heterocycles. The van der Waals surface area contributed by atoms with Crippen LogP contribution in [0.2, 0.25) is 0 Å². The van der Waals surface area contributed by atoms with E-state index < -0.39 is 15.9 Å². The van der Waals surface area contributed by atoms with E-state index in [0.717, 1.165) is 25.7 Å². The van der Waals surface area contributed by atoms with Crippen LogP contribution < -0.4 is 5.73 Å². The Hall–Kier alpha value is -0.660. The highest BCUT2D eigenvalue weighted by molar-refractivity contribution is 7.90. The first-order valence-corrected chi connectivity index (χ1v) is 8.60. The van der Waals surface area contributed by atoms with Crippen molar-refractivity contribution >= 4 is 15.7 Å². The standard InChI is InChI=1S/C12H24N2O4S/c1-18-9-10-3-6-14(7-4-10)12(15)11(13)5-8-19(2,16)17/h10-11H,3-9,13H2,1-2H3. The maximum atomic E-state index is 12.1. The number of carbonyl (C=O) groups excluding carboxylic acids is 1. The SMILES string of the molecule is COCC1CCN(C(=O)C(N)CCS(C)(=O)=O)CC1. The highest BCUT2D eigenvalue weighted by atomic mass is 32.2. The van der Waals surface area contributed by atoms with Crippen molar-refractivity contribution in [2.24, 2.45) is 11.7 Å². The summed E-state index contributed by atoms with van der Waals surface area (Å²) in [5.74, 6) is 0.320. The maximum Gasteiger partial charge on any atom is 0.239 e. The molecule has 1 rings (SSSR count). The maximum absolute atomic E-state index is 12.1. The van der Waals surface area contributed by atoms with Crippen LogP contribution in [-0.4, -0.2) is 64.1 Å². The van der Waals surface area contributed by atoms with Gasteiger partial charge in [0.05, 0.1) is 11.8 Å². The Morgan fingerprint density at radius 1 is 1.42 bits per heavy atom. The van der Waals surface area contributed by atoms with Crippen molar-refractivity contribution in [2.45, 2.75) is 25.3 Å². The first kappa shape index (κ1) is 16.4. The molecule has 1 aliphatic rings. The number of nitrogens with two attached hydrogens (primary N) is 1. The summed E-state index contributed by atoms with van der Waals surface area (Å²) >= 11 is 0. The zero-order valence-corrected chi connectivity index (χ0v) is 12.5. The van der Waals surface area contributed by atoms with Gasteiger partial charge in [0.1, 0.15) is 9.84 Å². The molecule has 1 saturated heterocycles. The molecule has 0 radical (unpaired) electrons. The summed E-state index contributed by atoms with van der Waals surface area (Å²) in [5, 5.41) is 0. The number of piperidine rings is 1. The van der Waals surface area contributed by atoms with E-state index in [1.54, 1.807) is 12.0 Å². The number of amides is 1. The molecule has 2 N–H and O–H groups in total. The summed E-state index contributed by atoms with van der Waals surface area (Å²) in [4.78, 5) is 13.8. The molecule has 0 saturated carbocycles. The molecule has 0 aliphatic carbocycles. The Balaban J connectivity index is 2.38. The van der Waals surface area contributed by atoms with Gasteiger partial charge in [-0.2, -0.15) is 0 Å². The lowest BCUT2D eigenvalue weighted by Gasteiger charge is -2.33. The summed E-state index contributed by atoms with van der Waals surface area (Å²) in [7, 11) is -1.39. The van der Waals surface area contributed by atoms with Crippen molar-refractivity contribution in [1.29, 1.82) is 0 Å². The molecule has 19 heavy (non-hydrogen) atoms. The number of ether oxygens (including phenoxy) is 1. The molecule has 6 nitrogen and oxygen atoms in total. The largest absolute Gasteiger partial charge is 0.384 e. The molecule has 7 heteroatoms. The quantitative estimate of drug-likeness (QED) is 0.721. The monoisotopic (exact) mass is 292 g/mol. The molecule has 1 atom stereocenters. The third-order valence-electron chi connectivity index (χ3n) is 3.45. The van der Waals surface area contributed by atoms with Gasteiger partial charge in [0.15, 0.2) is 0 Å². The van der Waals surface area contributed by atoms with E-state index in [-0.39, 0.29) is 18.1 Å². The van der Waals surface area contributed by atoms with Crippen LogP contribution in [0.1, 0.15) is 19.3 Å². The fraction of sp³-hybridized carbons (Fsp3) is 0.917. The predicted octanol–water partition coefficient (Wildman–Crippen LogP) is -0.367. The second-order valence-electron chi connectivity index (χ2n) is 5.25. The zero-order chi connectivity index (χ0) is 14.5. The lowest BCUT2D eigenvalue weighted by atomic mass is 9.97. The molecule has 0 bridgehead atoms. The van der Waals surface area contributed by atoms with Crippen molar-refractivity contribution < 1.29 is 17.9 Å². The fourth-order valence-electron chi connectivity index (χ4n) is 2.25. The molecule has 1 unspecified atom stereocenters. The van der Waals surface area contributed by atoms with Gasteiger partial charge in [0, 0.05) is 33.1 Å². The Labute approximate surface area is 115 Å². The second kappa shape index (κ2) is 7.21. The number of sulfone groups is 1. The van der Waals surface area contributed by atoms with Crippen molar-refractivity contribution in [3.8, 4) is 0 Å². The van der Waals surface area contributed by atoms with E-state index >= 15 is 0 Å². The summed E-state index contributed by atoms with van der Waals surface area (Å²) in [6.07, 6.45) is 3.17. The summed E-state index contributed by atoms with van der Waals surface area (Å²) < 4.78 is 27.2. The third-order valence-corrected chi connectivity index (χ3v) is 4.42.